The number of rotatable bonds is 10. The lowest BCUT2D eigenvalue weighted by molar-refractivity contribution is 0.393. The molecule has 0 saturated carbocycles. The van der Waals surface area contributed by atoms with Gasteiger partial charge in [-0.3, -0.25) is 0 Å². The summed E-state index contributed by atoms with van der Waals surface area (Å²) in [7, 11) is -3.28. The Kier molecular flexibility index (Phi) is 8.82. The second-order valence-electron chi connectivity index (χ2n) is 4.44. The molecule has 104 valence electrons. The Morgan fingerprint density at radius 1 is 1.00 bits per heavy atom. The number of hydrogen-bond acceptors (Lipinski definition) is 2. The fourth-order valence-electron chi connectivity index (χ4n) is 1.74. The summed E-state index contributed by atoms with van der Waals surface area (Å²) in [6.45, 7) is 9.95. The first-order valence-corrected chi connectivity index (χ1v) is 8.20. The molecule has 0 bridgehead atoms. The Labute approximate surface area is 107 Å². The van der Waals surface area contributed by atoms with Gasteiger partial charge in [0.25, 0.3) is 10.2 Å². The van der Waals surface area contributed by atoms with Gasteiger partial charge in [0.2, 0.25) is 0 Å². The molecule has 0 aliphatic rings. The topological polar surface area (TPSA) is 49.4 Å². The minimum atomic E-state index is -3.28. The van der Waals surface area contributed by atoms with Crippen LogP contribution in [0.25, 0.3) is 0 Å². The monoisotopic (exact) mass is 264 g/mol. The maximum atomic E-state index is 12.1. The van der Waals surface area contributed by atoms with E-state index in [2.05, 4.69) is 18.6 Å². The fraction of sp³-hybridized carbons (Fsp3) is 1.00. The molecule has 0 unspecified atom stereocenters. The van der Waals surface area contributed by atoms with Crippen molar-refractivity contribution in [1.82, 2.24) is 9.03 Å². The van der Waals surface area contributed by atoms with Crippen LogP contribution >= 0.6 is 0 Å². The largest absolute Gasteiger partial charge is 0.279 e. The molecular formula is C12H28N2O2S. The number of nitrogens with one attached hydrogen (secondary N) is 1. The van der Waals surface area contributed by atoms with E-state index in [9.17, 15) is 8.42 Å². The summed E-state index contributed by atoms with van der Waals surface area (Å²) in [5.74, 6) is 0.440. The van der Waals surface area contributed by atoms with Gasteiger partial charge in [0.15, 0.2) is 0 Å². The highest BCUT2D eigenvalue weighted by molar-refractivity contribution is 7.87. The lowest BCUT2D eigenvalue weighted by atomic mass is 10.0. The fourth-order valence-corrected chi connectivity index (χ4v) is 3.22. The molecule has 0 aliphatic heterocycles. The molecule has 0 saturated heterocycles. The first-order valence-electron chi connectivity index (χ1n) is 6.76. The normalized spacial score (nSPS) is 12.6. The molecule has 0 aromatic rings. The number of nitrogens with zero attached hydrogens (tertiary/aromatic N) is 1. The average molecular weight is 264 g/mol. The Morgan fingerprint density at radius 3 is 1.82 bits per heavy atom. The van der Waals surface area contributed by atoms with E-state index in [1.165, 1.54) is 0 Å². The molecule has 0 aliphatic carbocycles. The summed E-state index contributed by atoms with van der Waals surface area (Å²) in [5, 5.41) is 0. The predicted octanol–water partition coefficient (Wildman–Crippen LogP) is 2.38. The van der Waals surface area contributed by atoms with Crippen LogP contribution in [0, 0.1) is 5.92 Å². The Hall–Kier alpha value is -0.130. The van der Waals surface area contributed by atoms with Gasteiger partial charge in [-0.1, -0.05) is 40.5 Å². The van der Waals surface area contributed by atoms with Gasteiger partial charge in [0.05, 0.1) is 0 Å². The van der Waals surface area contributed by atoms with Crippen molar-refractivity contribution in [3.63, 3.8) is 0 Å². The lowest BCUT2D eigenvalue weighted by Gasteiger charge is -2.22. The molecule has 0 aromatic heterocycles. The van der Waals surface area contributed by atoms with Gasteiger partial charge < -0.3 is 0 Å². The molecule has 17 heavy (non-hydrogen) atoms. The summed E-state index contributed by atoms with van der Waals surface area (Å²) < 4.78 is 28.4. The van der Waals surface area contributed by atoms with Gasteiger partial charge in [-0.05, 0) is 18.8 Å². The van der Waals surface area contributed by atoms with Gasteiger partial charge in [-0.15, -0.1) is 0 Å². The lowest BCUT2D eigenvalue weighted by Crippen LogP contribution is -2.43. The van der Waals surface area contributed by atoms with Gasteiger partial charge in [-0.25, -0.2) is 4.72 Å². The highest BCUT2D eigenvalue weighted by Crippen LogP contribution is 2.08. The molecule has 0 fully saturated rings. The van der Waals surface area contributed by atoms with Crippen LogP contribution in [0.5, 0.6) is 0 Å². The van der Waals surface area contributed by atoms with Crippen LogP contribution in [0.15, 0.2) is 0 Å². The van der Waals surface area contributed by atoms with E-state index in [0.717, 1.165) is 25.7 Å². The van der Waals surface area contributed by atoms with Gasteiger partial charge >= 0.3 is 0 Å². The summed E-state index contributed by atoms with van der Waals surface area (Å²) in [5.41, 5.74) is 0. The van der Waals surface area contributed by atoms with Crippen molar-refractivity contribution in [1.29, 1.82) is 0 Å². The first kappa shape index (κ1) is 16.9. The van der Waals surface area contributed by atoms with Crippen molar-refractivity contribution in [2.24, 2.45) is 5.92 Å². The van der Waals surface area contributed by atoms with Gasteiger partial charge in [0.1, 0.15) is 0 Å². The van der Waals surface area contributed by atoms with Crippen molar-refractivity contribution < 1.29 is 8.42 Å². The van der Waals surface area contributed by atoms with Crippen LogP contribution in [0.3, 0.4) is 0 Å². The molecule has 0 radical (unpaired) electrons. The van der Waals surface area contributed by atoms with E-state index < -0.39 is 10.2 Å². The van der Waals surface area contributed by atoms with Crippen LogP contribution < -0.4 is 4.72 Å². The summed E-state index contributed by atoms with van der Waals surface area (Å²) in [6, 6.07) is 0. The number of hydrogen-bond donors (Lipinski definition) is 1. The van der Waals surface area contributed by atoms with Crippen molar-refractivity contribution in [3.05, 3.63) is 0 Å². The Balaban J connectivity index is 4.40. The minimum Gasteiger partial charge on any atom is -0.202 e. The average Bonchev–Trinajstić information content (AvgIpc) is 2.30. The van der Waals surface area contributed by atoms with E-state index in [-0.39, 0.29) is 0 Å². The van der Waals surface area contributed by atoms with E-state index in [1.54, 1.807) is 4.31 Å². The third-order valence-electron chi connectivity index (χ3n) is 3.00. The Bertz CT molecular complexity index is 268. The van der Waals surface area contributed by atoms with Crippen LogP contribution in [0.1, 0.15) is 53.4 Å². The zero-order valence-electron chi connectivity index (χ0n) is 11.7. The van der Waals surface area contributed by atoms with E-state index >= 15 is 0 Å². The molecule has 0 heterocycles. The van der Waals surface area contributed by atoms with E-state index in [1.807, 2.05) is 13.8 Å². The molecule has 5 heteroatoms. The standard InChI is InChI=1S/C12H28N2O2S/c1-5-9-14(10-6-2)17(15,16)13-11-12(7-3)8-4/h12-13H,5-11H2,1-4H3. The van der Waals surface area contributed by atoms with E-state index in [0.29, 0.717) is 25.6 Å². The second kappa shape index (κ2) is 8.89. The highest BCUT2D eigenvalue weighted by Gasteiger charge is 2.20. The third-order valence-corrected chi connectivity index (χ3v) is 4.57. The van der Waals surface area contributed by atoms with Crippen LogP contribution in [0.2, 0.25) is 0 Å². The molecule has 1 N–H and O–H groups in total. The molecule has 0 aromatic carbocycles. The van der Waals surface area contributed by atoms with E-state index in [4.69, 9.17) is 0 Å². The van der Waals surface area contributed by atoms with Gasteiger partial charge in [-0.2, -0.15) is 12.7 Å². The first-order chi connectivity index (χ1) is 8.01. The molecule has 0 spiro atoms. The quantitative estimate of drug-likeness (QED) is 0.658. The summed E-state index contributed by atoms with van der Waals surface area (Å²) in [4.78, 5) is 0. The van der Waals surface area contributed by atoms with Crippen molar-refractivity contribution in [2.45, 2.75) is 53.4 Å². The maximum absolute atomic E-state index is 12.1. The van der Waals surface area contributed by atoms with Crippen LogP contribution in [0.4, 0.5) is 0 Å². The van der Waals surface area contributed by atoms with Crippen molar-refractivity contribution in [2.75, 3.05) is 19.6 Å². The maximum Gasteiger partial charge on any atom is 0.279 e. The SMILES string of the molecule is CCCN(CCC)S(=O)(=O)NCC(CC)CC. The predicted molar refractivity (Wildman–Crippen MR) is 73.1 cm³/mol. The Morgan fingerprint density at radius 2 is 1.47 bits per heavy atom. The zero-order chi connectivity index (χ0) is 13.3. The van der Waals surface area contributed by atoms with Crippen molar-refractivity contribution in [3.8, 4) is 0 Å². The molecule has 0 amide bonds. The zero-order valence-corrected chi connectivity index (χ0v) is 12.5. The molecular weight excluding hydrogens is 236 g/mol. The smallest absolute Gasteiger partial charge is 0.202 e. The summed E-state index contributed by atoms with van der Waals surface area (Å²) >= 11 is 0. The highest BCUT2D eigenvalue weighted by atomic mass is 32.2. The molecule has 4 nitrogen and oxygen atoms in total. The van der Waals surface area contributed by atoms with Crippen LogP contribution in [-0.4, -0.2) is 32.4 Å². The van der Waals surface area contributed by atoms with Crippen LogP contribution in [-0.2, 0) is 10.2 Å². The molecule has 0 atom stereocenters. The summed E-state index contributed by atoms with van der Waals surface area (Å²) in [6.07, 6.45) is 3.74. The molecule has 0 rings (SSSR count). The second-order valence-corrected chi connectivity index (χ2v) is 6.19. The minimum absolute atomic E-state index is 0.440. The van der Waals surface area contributed by atoms with Gasteiger partial charge in [0, 0.05) is 19.6 Å². The van der Waals surface area contributed by atoms with Crippen molar-refractivity contribution >= 4 is 10.2 Å². The third kappa shape index (κ3) is 6.38.